The maximum absolute atomic E-state index is 12.7. The van der Waals surface area contributed by atoms with Crippen LogP contribution in [0, 0.1) is 0 Å². The number of carbonyl (C=O) groups excluding carboxylic acids is 2. The number of aromatic amines is 2. The van der Waals surface area contributed by atoms with Crippen molar-refractivity contribution in [2.45, 2.75) is 0 Å². The van der Waals surface area contributed by atoms with Gasteiger partial charge in [0.15, 0.2) is 6.61 Å². The minimum absolute atomic E-state index is 0.161. The fourth-order valence-electron chi connectivity index (χ4n) is 3.52. The summed E-state index contributed by atoms with van der Waals surface area (Å²) in [7, 11) is 1.31. The lowest BCUT2D eigenvalue weighted by molar-refractivity contribution is -0.142. The number of amides is 1. The van der Waals surface area contributed by atoms with Gasteiger partial charge in [-0.25, -0.2) is 9.78 Å². The van der Waals surface area contributed by atoms with E-state index >= 15 is 0 Å². The van der Waals surface area contributed by atoms with Crippen LogP contribution in [0.3, 0.4) is 0 Å². The number of anilines is 1. The smallest absolute Gasteiger partial charge is 0.343 e. The molecule has 2 aromatic heterocycles. The average Bonchev–Trinajstić information content (AvgIpc) is 3.48. The van der Waals surface area contributed by atoms with E-state index in [2.05, 4.69) is 25.0 Å². The number of aromatic nitrogens is 3. The van der Waals surface area contributed by atoms with Gasteiger partial charge in [-0.1, -0.05) is 18.2 Å². The molecule has 0 aliphatic rings. The third-order valence-corrected chi connectivity index (χ3v) is 5.27. The molecule has 0 atom stereocenters. The normalized spacial score (nSPS) is 10.9. The Hall–Kier alpha value is -4.59. The monoisotopic (exact) mass is 440 g/mol. The van der Waals surface area contributed by atoms with E-state index in [1.807, 2.05) is 48.7 Å². The molecule has 0 aliphatic carbocycles. The van der Waals surface area contributed by atoms with Gasteiger partial charge < -0.3 is 24.8 Å². The number of rotatable bonds is 6. The number of nitrogens with zero attached hydrogens (tertiary/aromatic N) is 1. The van der Waals surface area contributed by atoms with E-state index in [-0.39, 0.29) is 12.5 Å². The lowest BCUT2D eigenvalue weighted by Crippen LogP contribution is -2.12. The summed E-state index contributed by atoms with van der Waals surface area (Å²) in [6, 6.07) is 20.2. The molecule has 0 radical (unpaired) electrons. The molecule has 0 bridgehead atoms. The van der Waals surface area contributed by atoms with Crippen molar-refractivity contribution >= 4 is 39.5 Å². The molecule has 164 valence electrons. The number of imidazole rings is 1. The van der Waals surface area contributed by atoms with Gasteiger partial charge in [-0.15, -0.1) is 0 Å². The summed E-state index contributed by atoms with van der Waals surface area (Å²) in [5.41, 5.74) is 4.60. The number of methoxy groups -OCH3 is 1. The molecule has 8 heteroatoms. The first-order chi connectivity index (χ1) is 16.1. The molecular formula is C25H20N4O4. The van der Waals surface area contributed by atoms with Gasteiger partial charge in [0.25, 0.3) is 5.91 Å². The van der Waals surface area contributed by atoms with Gasteiger partial charge in [0.1, 0.15) is 11.6 Å². The number of esters is 1. The molecule has 33 heavy (non-hydrogen) atoms. The molecule has 0 aliphatic heterocycles. The fourth-order valence-corrected chi connectivity index (χ4v) is 3.52. The third-order valence-electron chi connectivity index (χ3n) is 5.27. The predicted molar refractivity (Wildman–Crippen MR) is 125 cm³/mol. The highest BCUT2D eigenvalue weighted by Gasteiger charge is 2.11. The second-order valence-electron chi connectivity index (χ2n) is 7.44. The average molecular weight is 440 g/mol. The molecule has 8 nitrogen and oxygen atoms in total. The number of benzene rings is 3. The lowest BCUT2D eigenvalue weighted by Gasteiger charge is -2.06. The SMILES string of the molecule is COC(=O)COc1ccc2nc(-c3ccc(C(=O)Nc4ccc5cc[nH]c5c4)cc3)[nH]c2c1. The Kier molecular flexibility index (Phi) is 5.24. The molecule has 0 saturated carbocycles. The third kappa shape index (κ3) is 4.27. The molecule has 3 N–H and O–H groups in total. The second-order valence-corrected chi connectivity index (χ2v) is 7.44. The Labute approximate surface area is 188 Å². The van der Waals surface area contributed by atoms with Crippen molar-refractivity contribution in [3.63, 3.8) is 0 Å². The van der Waals surface area contributed by atoms with Crippen LogP contribution in [0.15, 0.2) is 72.9 Å². The number of hydrogen-bond acceptors (Lipinski definition) is 5. The predicted octanol–water partition coefficient (Wildman–Crippen LogP) is 4.52. The lowest BCUT2D eigenvalue weighted by atomic mass is 10.1. The maximum atomic E-state index is 12.7. The summed E-state index contributed by atoms with van der Waals surface area (Å²) in [4.78, 5) is 34.9. The molecule has 0 saturated heterocycles. The molecule has 2 heterocycles. The van der Waals surface area contributed by atoms with Crippen LogP contribution in [0.1, 0.15) is 10.4 Å². The molecule has 1 amide bonds. The molecule has 0 fully saturated rings. The highest BCUT2D eigenvalue weighted by molar-refractivity contribution is 6.05. The van der Waals surface area contributed by atoms with Gasteiger partial charge >= 0.3 is 5.97 Å². The summed E-state index contributed by atoms with van der Waals surface area (Å²) in [6.07, 6.45) is 1.86. The van der Waals surface area contributed by atoms with Crippen LogP contribution in [0.2, 0.25) is 0 Å². The van der Waals surface area contributed by atoms with Gasteiger partial charge in [-0.2, -0.15) is 0 Å². The number of ether oxygens (including phenoxy) is 2. The quantitative estimate of drug-likeness (QED) is 0.337. The van der Waals surface area contributed by atoms with Crippen LogP contribution in [0.25, 0.3) is 33.3 Å². The first-order valence-electron chi connectivity index (χ1n) is 10.3. The van der Waals surface area contributed by atoms with Gasteiger partial charge in [-0.05, 0) is 47.9 Å². The van der Waals surface area contributed by atoms with E-state index in [0.29, 0.717) is 17.1 Å². The van der Waals surface area contributed by atoms with Crippen LogP contribution >= 0.6 is 0 Å². The molecule has 0 unspecified atom stereocenters. The van der Waals surface area contributed by atoms with Crippen LogP contribution in [0.5, 0.6) is 5.75 Å². The van der Waals surface area contributed by atoms with E-state index in [1.54, 1.807) is 24.3 Å². The minimum atomic E-state index is -0.450. The highest BCUT2D eigenvalue weighted by atomic mass is 16.6. The van der Waals surface area contributed by atoms with E-state index in [4.69, 9.17) is 4.74 Å². The van der Waals surface area contributed by atoms with Gasteiger partial charge in [0.2, 0.25) is 0 Å². The van der Waals surface area contributed by atoms with E-state index in [9.17, 15) is 9.59 Å². The van der Waals surface area contributed by atoms with Crippen LogP contribution in [0.4, 0.5) is 5.69 Å². The molecule has 0 spiro atoms. The Bertz CT molecular complexity index is 1470. The Morgan fingerprint density at radius 3 is 2.64 bits per heavy atom. The number of fused-ring (bicyclic) bond motifs is 2. The van der Waals surface area contributed by atoms with Crippen molar-refractivity contribution in [3.8, 4) is 17.1 Å². The Morgan fingerprint density at radius 2 is 1.82 bits per heavy atom. The zero-order valence-corrected chi connectivity index (χ0v) is 17.7. The molecule has 3 aromatic carbocycles. The van der Waals surface area contributed by atoms with Gasteiger partial charge in [0, 0.05) is 34.6 Å². The largest absolute Gasteiger partial charge is 0.482 e. The number of hydrogen-bond donors (Lipinski definition) is 3. The number of nitrogens with one attached hydrogen (secondary N) is 3. The van der Waals surface area contributed by atoms with Gasteiger partial charge in [0.05, 0.1) is 18.1 Å². The first kappa shape index (κ1) is 20.3. The first-order valence-corrected chi connectivity index (χ1v) is 10.3. The van der Waals surface area contributed by atoms with Crippen LogP contribution in [-0.4, -0.2) is 40.5 Å². The number of carbonyl (C=O) groups is 2. The summed E-state index contributed by atoms with van der Waals surface area (Å²) >= 11 is 0. The number of H-pyrrole nitrogens is 2. The van der Waals surface area contributed by atoms with Crippen molar-refractivity contribution in [3.05, 3.63) is 78.5 Å². The van der Waals surface area contributed by atoms with E-state index in [0.717, 1.165) is 33.2 Å². The zero-order valence-electron chi connectivity index (χ0n) is 17.7. The maximum Gasteiger partial charge on any atom is 0.343 e. The zero-order chi connectivity index (χ0) is 22.8. The Morgan fingerprint density at radius 1 is 0.970 bits per heavy atom. The molecule has 5 aromatic rings. The summed E-state index contributed by atoms with van der Waals surface area (Å²) in [5, 5.41) is 4.01. The van der Waals surface area contributed by atoms with Crippen molar-refractivity contribution in [1.82, 2.24) is 15.0 Å². The van der Waals surface area contributed by atoms with Crippen LogP contribution in [-0.2, 0) is 9.53 Å². The Balaban J connectivity index is 1.30. The van der Waals surface area contributed by atoms with E-state index in [1.165, 1.54) is 7.11 Å². The molecule has 5 rings (SSSR count). The summed E-state index contributed by atoms with van der Waals surface area (Å²) in [6.45, 7) is -0.161. The van der Waals surface area contributed by atoms with Crippen LogP contribution < -0.4 is 10.1 Å². The van der Waals surface area contributed by atoms with Crippen molar-refractivity contribution in [2.24, 2.45) is 0 Å². The van der Waals surface area contributed by atoms with Crippen molar-refractivity contribution in [2.75, 3.05) is 19.0 Å². The summed E-state index contributed by atoms with van der Waals surface area (Å²) in [5.74, 6) is 0.561. The topological polar surface area (TPSA) is 109 Å². The van der Waals surface area contributed by atoms with Gasteiger partial charge in [-0.3, -0.25) is 4.79 Å². The van der Waals surface area contributed by atoms with Crippen molar-refractivity contribution in [1.29, 1.82) is 0 Å². The van der Waals surface area contributed by atoms with E-state index < -0.39 is 5.97 Å². The summed E-state index contributed by atoms with van der Waals surface area (Å²) < 4.78 is 10.0. The fraction of sp³-hybridized carbons (Fsp3) is 0.0800. The minimum Gasteiger partial charge on any atom is -0.482 e. The molecular weight excluding hydrogens is 420 g/mol. The second kappa shape index (κ2) is 8.51. The standard InChI is InChI=1S/C25H20N4O4/c1-32-23(30)14-33-19-8-9-20-22(13-19)29-24(28-20)16-2-4-17(5-3-16)25(31)27-18-7-6-15-10-11-26-21(15)12-18/h2-13,26H,14H2,1H3,(H,27,31)(H,28,29). The van der Waals surface area contributed by atoms with Crippen molar-refractivity contribution < 1.29 is 19.1 Å². The highest BCUT2D eigenvalue weighted by Crippen LogP contribution is 2.25.